The van der Waals surface area contributed by atoms with Gasteiger partial charge >= 0.3 is 0 Å². The fraction of sp³-hybridized carbons (Fsp3) is 0.250. The largest absolute Gasteiger partial charge is 0.493 e. The van der Waals surface area contributed by atoms with E-state index in [4.69, 9.17) is 9.47 Å². The molecule has 0 aliphatic heterocycles. The first-order valence-electron chi connectivity index (χ1n) is 7.74. The zero-order valence-electron chi connectivity index (χ0n) is 14.1. The Balaban J connectivity index is 2.47. The molecule has 1 atom stereocenters. The van der Waals surface area contributed by atoms with Crippen LogP contribution in [0.2, 0.25) is 0 Å². The SMILES string of the molecule is COc1cccc(C(CC(=O)c2ccccc2)C(C#N)C#N)c1OC. The van der Waals surface area contributed by atoms with Crippen molar-refractivity contribution in [3.63, 3.8) is 0 Å². The van der Waals surface area contributed by atoms with Gasteiger partial charge in [-0.25, -0.2) is 0 Å². The lowest BCUT2D eigenvalue weighted by Crippen LogP contribution is -2.16. The summed E-state index contributed by atoms with van der Waals surface area (Å²) in [5, 5.41) is 18.8. The van der Waals surface area contributed by atoms with Crippen LogP contribution in [0.3, 0.4) is 0 Å². The van der Waals surface area contributed by atoms with Crippen LogP contribution in [0, 0.1) is 28.6 Å². The summed E-state index contributed by atoms with van der Waals surface area (Å²) in [5.74, 6) is -0.800. The van der Waals surface area contributed by atoms with Crippen molar-refractivity contribution in [1.82, 2.24) is 0 Å². The van der Waals surface area contributed by atoms with E-state index in [-0.39, 0.29) is 12.2 Å². The highest BCUT2D eigenvalue weighted by Gasteiger charge is 2.30. The Kier molecular flexibility index (Phi) is 6.14. The van der Waals surface area contributed by atoms with Crippen LogP contribution < -0.4 is 9.47 Å². The van der Waals surface area contributed by atoms with Gasteiger partial charge in [0.05, 0.1) is 26.4 Å². The van der Waals surface area contributed by atoms with Gasteiger partial charge in [0.25, 0.3) is 0 Å². The van der Waals surface area contributed by atoms with E-state index in [0.29, 0.717) is 22.6 Å². The number of methoxy groups -OCH3 is 2. The molecule has 0 fully saturated rings. The number of ether oxygens (including phenoxy) is 2. The highest BCUT2D eigenvalue weighted by atomic mass is 16.5. The molecular weight excluding hydrogens is 316 g/mol. The minimum atomic E-state index is -0.978. The van der Waals surface area contributed by atoms with Crippen LogP contribution >= 0.6 is 0 Å². The predicted octanol–water partition coefficient (Wildman–Crippen LogP) is 3.72. The molecule has 0 aliphatic rings. The Morgan fingerprint density at radius 2 is 1.68 bits per heavy atom. The molecule has 5 nitrogen and oxygen atoms in total. The molecule has 5 heteroatoms. The van der Waals surface area contributed by atoms with E-state index in [1.54, 1.807) is 42.5 Å². The summed E-state index contributed by atoms with van der Waals surface area (Å²) in [6.07, 6.45) is 0.0271. The van der Waals surface area contributed by atoms with Crippen LogP contribution in [0.1, 0.15) is 28.3 Å². The van der Waals surface area contributed by atoms with Crippen molar-refractivity contribution in [3.05, 3.63) is 59.7 Å². The summed E-state index contributed by atoms with van der Waals surface area (Å²) in [7, 11) is 3.00. The lowest BCUT2D eigenvalue weighted by Gasteiger charge is -2.21. The summed E-state index contributed by atoms with van der Waals surface area (Å²) in [4.78, 5) is 12.6. The first-order valence-corrected chi connectivity index (χ1v) is 7.74. The fourth-order valence-corrected chi connectivity index (χ4v) is 2.76. The average molecular weight is 334 g/mol. The summed E-state index contributed by atoms with van der Waals surface area (Å²) in [6, 6.07) is 18.0. The van der Waals surface area contributed by atoms with E-state index in [1.807, 2.05) is 18.2 Å². The summed E-state index contributed by atoms with van der Waals surface area (Å²) in [5.41, 5.74) is 1.16. The quantitative estimate of drug-likeness (QED) is 0.721. The minimum absolute atomic E-state index is 0.0271. The molecule has 2 aromatic rings. The van der Waals surface area contributed by atoms with Crippen molar-refractivity contribution in [2.45, 2.75) is 12.3 Å². The molecular formula is C20H18N2O3. The third-order valence-electron chi connectivity index (χ3n) is 4.01. The standard InChI is InChI=1S/C20H18N2O3/c1-24-19-10-6-9-16(20(19)25-2)17(15(12-21)13-22)11-18(23)14-7-4-3-5-8-14/h3-10,15,17H,11H2,1-2H3. The molecule has 0 N–H and O–H groups in total. The maximum absolute atomic E-state index is 12.6. The molecule has 2 aromatic carbocycles. The minimum Gasteiger partial charge on any atom is -0.493 e. The van der Waals surface area contributed by atoms with Gasteiger partial charge in [-0.1, -0.05) is 42.5 Å². The smallest absolute Gasteiger partial charge is 0.164 e. The molecule has 0 aliphatic carbocycles. The van der Waals surface area contributed by atoms with E-state index < -0.39 is 11.8 Å². The molecule has 126 valence electrons. The van der Waals surface area contributed by atoms with Crippen molar-refractivity contribution in [2.24, 2.45) is 5.92 Å². The van der Waals surface area contributed by atoms with Crippen LogP contribution in [0.4, 0.5) is 0 Å². The number of carbonyl (C=O) groups is 1. The van der Waals surface area contributed by atoms with Gasteiger partial charge in [-0.3, -0.25) is 4.79 Å². The molecule has 2 rings (SSSR count). The second kappa shape index (κ2) is 8.52. The van der Waals surface area contributed by atoms with Gasteiger partial charge in [-0.2, -0.15) is 10.5 Å². The first-order chi connectivity index (χ1) is 12.2. The van der Waals surface area contributed by atoms with Crippen molar-refractivity contribution >= 4 is 5.78 Å². The molecule has 1 unspecified atom stereocenters. The summed E-state index contributed by atoms with van der Waals surface area (Å²) >= 11 is 0. The van der Waals surface area contributed by atoms with Gasteiger partial charge in [0.15, 0.2) is 17.3 Å². The van der Waals surface area contributed by atoms with Crippen LogP contribution in [-0.4, -0.2) is 20.0 Å². The first kappa shape index (κ1) is 18.0. The van der Waals surface area contributed by atoms with Crippen LogP contribution in [0.15, 0.2) is 48.5 Å². The Hall–Kier alpha value is -3.31. The number of carbonyl (C=O) groups excluding carboxylic acids is 1. The highest BCUT2D eigenvalue weighted by Crippen LogP contribution is 2.40. The van der Waals surface area contributed by atoms with Gasteiger partial charge in [0, 0.05) is 23.5 Å². The number of para-hydroxylation sites is 1. The number of hydrogen-bond donors (Lipinski definition) is 0. The number of nitrogens with zero attached hydrogens (tertiary/aromatic N) is 2. The third-order valence-corrected chi connectivity index (χ3v) is 4.01. The lowest BCUT2D eigenvalue weighted by atomic mass is 9.82. The van der Waals surface area contributed by atoms with Gasteiger partial charge in [0.1, 0.15) is 5.92 Å². The van der Waals surface area contributed by atoms with Crippen LogP contribution in [0.25, 0.3) is 0 Å². The summed E-state index contributed by atoms with van der Waals surface area (Å²) in [6.45, 7) is 0. The van der Waals surface area contributed by atoms with Gasteiger partial charge in [-0.05, 0) is 6.07 Å². The Morgan fingerprint density at radius 1 is 1.00 bits per heavy atom. The Morgan fingerprint density at radius 3 is 2.24 bits per heavy atom. The molecule has 0 aromatic heterocycles. The van der Waals surface area contributed by atoms with Gasteiger partial charge in [-0.15, -0.1) is 0 Å². The van der Waals surface area contributed by atoms with E-state index in [9.17, 15) is 15.3 Å². The molecule has 0 radical (unpaired) electrons. The molecule has 0 saturated carbocycles. The molecule has 25 heavy (non-hydrogen) atoms. The number of ketones is 1. The second-order valence-corrected chi connectivity index (χ2v) is 5.42. The Labute approximate surface area is 147 Å². The number of Topliss-reactive ketones (excluding diaryl/α,β-unsaturated/α-hetero) is 1. The van der Waals surface area contributed by atoms with E-state index in [0.717, 1.165) is 0 Å². The van der Waals surface area contributed by atoms with Crippen molar-refractivity contribution in [1.29, 1.82) is 10.5 Å². The van der Waals surface area contributed by atoms with Crippen molar-refractivity contribution in [3.8, 4) is 23.6 Å². The van der Waals surface area contributed by atoms with Crippen molar-refractivity contribution < 1.29 is 14.3 Å². The molecule has 0 bridgehead atoms. The maximum atomic E-state index is 12.6. The average Bonchev–Trinajstić information content (AvgIpc) is 2.67. The van der Waals surface area contributed by atoms with Crippen LogP contribution in [0.5, 0.6) is 11.5 Å². The van der Waals surface area contributed by atoms with E-state index >= 15 is 0 Å². The molecule has 0 heterocycles. The maximum Gasteiger partial charge on any atom is 0.164 e. The zero-order chi connectivity index (χ0) is 18.2. The number of nitriles is 2. The van der Waals surface area contributed by atoms with Gasteiger partial charge < -0.3 is 9.47 Å². The van der Waals surface area contributed by atoms with Crippen LogP contribution in [-0.2, 0) is 0 Å². The van der Waals surface area contributed by atoms with Gasteiger partial charge in [0.2, 0.25) is 0 Å². The van der Waals surface area contributed by atoms with E-state index in [2.05, 4.69) is 0 Å². The van der Waals surface area contributed by atoms with Crippen molar-refractivity contribution in [2.75, 3.05) is 14.2 Å². The van der Waals surface area contributed by atoms with E-state index in [1.165, 1.54) is 14.2 Å². The topological polar surface area (TPSA) is 83.1 Å². The highest BCUT2D eigenvalue weighted by molar-refractivity contribution is 5.96. The zero-order valence-corrected chi connectivity index (χ0v) is 14.1. The predicted molar refractivity (Wildman–Crippen MR) is 92.4 cm³/mol. The number of rotatable bonds is 7. The Bertz CT molecular complexity index is 805. The number of hydrogen-bond acceptors (Lipinski definition) is 5. The summed E-state index contributed by atoms with van der Waals surface area (Å²) < 4.78 is 10.7. The monoisotopic (exact) mass is 334 g/mol. The fourth-order valence-electron chi connectivity index (χ4n) is 2.76. The molecule has 0 amide bonds. The third kappa shape index (κ3) is 3.97. The second-order valence-electron chi connectivity index (χ2n) is 5.42. The number of benzene rings is 2. The lowest BCUT2D eigenvalue weighted by molar-refractivity contribution is 0.0970. The molecule has 0 saturated heterocycles. The normalized spacial score (nSPS) is 11.2. The molecule has 0 spiro atoms.